The highest BCUT2D eigenvalue weighted by Crippen LogP contribution is 2.28. The van der Waals surface area contributed by atoms with Crippen molar-refractivity contribution in [2.24, 2.45) is 0 Å². The molecule has 0 radical (unpaired) electrons. The van der Waals surface area contributed by atoms with Crippen LogP contribution in [-0.4, -0.2) is 27.7 Å². The fraction of sp³-hybridized carbons (Fsp3) is 0.333. The van der Waals surface area contributed by atoms with Gasteiger partial charge in [-0.05, 0) is 18.2 Å². The summed E-state index contributed by atoms with van der Waals surface area (Å²) in [6, 6.07) is 5.35. The SMILES string of the molecule is CN(C)c1ccc(Br)cc1NS(=O)(=O)CCl. The highest BCUT2D eigenvalue weighted by atomic mass is 79.9. The maximum Gasteiger partial charge on any atom is 0.246 e. The Kier molecular flexibility index (Phi) is 4.46. The molecule has 0 heterocycles. The summed E-state index contributed by atoms with van der Waals surface area (Å²) in [5.41, 5.74) is 1.27. The van der Waals surface area contributed by atoms with Gasteiger partial charge in [0.1, 0.15) is 5.21 Å². The highest BCUT2D eigenvalue weighted by Gasteiger charge is 2.12. The summed E-state index contributed by atoms with van der Waals surface area (Å²) in [6.45, 7) is 0. The molecule has 7 heteroatoms. The van der Waals surface area contributed by atoms with Gasteiger partial charge in [-0.1, -0.05) is 15.9 Å². The molecular weight excluding hydrogens is 316 g/mol. The van der Waals surface area contributed by atoms with E-state index in [1.165, 1.54) is 0 Å². The Bertz CT molecular complexity index is 476. The third-order valence-corrected chi connectivity index (χ3v) is 4.02. The first-order valence-electron chi connectivity index (χ1n) is 4.39. The monoisotopic (exact) mass is 326 g/mol. The van der Waals surface area contributed by atoms with Crippen LogP contribution in [0, 0.1) is 0 Å². The van der Waals surface area contributed by atoms with Crippen LogP contribution < -0.4 is 9.62 Å². The van der Waals surface area contributed by atoms with E-state index in [2.05, 4.69) is 20.7 Å². The lowest BCUT2D eigenvalue weighted by Gasteiger charge is -2.18. The fourth-order valence-electron chi connectivity index (χ4n) is 1.17. The van der Waals surface area contributed by atoms with Crippen molar-refractivity contribution >= 4 is 48.9 Å². The Morgan fingerprint density at radius 1 is 1.44 bits per heavy atom. The van der Waals surface area contributed by atoms with Gasteiger partial charge in [-0.25, -0.2) is 8.42 Å². The van der Waals surface area contributed by atoms with Gasteiger partial charge in [0.15, 0.2) is 0 Å². The van der Waals surface area contributed by atoms with Gasteiger partial charge in [-0.3, -0.25) is 4.72 Å². The van der Waals surface area contributed by atoms with Crippen molar-refractivity contribution in [3.05, 3.63) is 22.7 Å². The number of anilines is 2. The molecular formula is C9H12BrClN2O2S. The normalized spacial score (nSPS) is 11.2. The van der Waals surface area contributed by atoms with Crippen LogP contribution in [0.2, 0.25) is 0 Å². The van der Waals surface area contributed by atoms with Gasteiger partial charge in [0.25, 0.3) is 0 Å². The quantitative estimate of drug-likeness (QED) is 0.864. The predicted octanol–water partition coefficient (Wildman–Crippen LogP) is 2.45. The second-order valence-electron chi connectivity index (χ2n) is 3.38. The van der Waals surface area contributed by atoms with Crippen molar-refractivity contribution in [3.63, 3.8) is 0 Å². The molecule has 0 amide bonds. The van der Waals surface area contributed by atoms with Crippen molar-refractivity contribution in [3.8, 4) is 0 Å². The van der Waals surface area contributed by atoms with Crippen LogP contribution in [0.1, 0.15) is 0 Å². The maximum absolute atomic E-state index is 11.4. The Morgan fingerprint density at radius 2 is 2.06 bits per heavy atom. The molecule has 1 N–H and O–H groups in total. The van der Waals surface area contributed by atoms with Crippen molar-refractivity contribution in [2.45, 2.75) is 0 Å². The zero-order chi connectivity index (χ0) is 12.3. The number of halogens is 2. The lowest BCUT2D eigenvalue weighted by Crippen LogP contribution is -2.17. The smallest absolute Gasteiger partial charge is 0.246 e. The maximum atomic E-state index is 11.4. The molecule has 1 aromatic rings. The van der Waals surface area contributed by atoms with Gasteiger partial charge in [0.2, 0.25) is 10.0 Å². The van der Waals surface area contributed by atoms with E-state index in [0.29, 0.717) is 5.69 Å². The molecule has 0 fully saturated rings. The molecule has 0 spiro atoms. The van der Waals surface area contributed by atoms with Crippen molar-refractivity contribution in [2.75, 3.05) is 28.9 Å². The van der Waals surface area contributed by atoms with Crippen molar-refractivity contribution < 1.29 is 8.42 Å². The third-order valence-electron chi connectivity index (χ3n) is 1.85. The minimum atomic E-state index is -3.48. The zero-order valence-electron chi connectivity index (χ0n) is 8.87. The number of hydrogen-bond donors (Lipinski definition) is 1. The second kappa shape index (κ2) is 5.25. The molecule has 0 aliphatic rings. The summed E-state index contributed by atoms with van der Waals surface area (Å²) < 4.78 is 26.0. The molecule has 0 aliphatic heterocycles. The molecule has 4 nitrogen and oxygen atoms in total. The molecule has 0 aromatic heterocycles. The first-order valence-corrected chi connectivity index (χ1v) is 7.37. The van der Waals surface area contributed by atoms with E-state index in [-0.39, 0.29) is 0 Å². The number of hydrogen-bond acceptors (Lipinski definition) is 3. The molecule has 1 rings (SSSR count). The van der Waals surface area contributed by atoms with Crippen LogP contribution in [0.25, 0.3) is 0 Å². The van der Waals surface area contributed by atoms with E-state index in [1.54, 1.807) is 6.07 Å². The summed E-state index contributed by atoms with van der Waals surface area (Å²) in [7, 11) is 0.193. The molecule has 0 unspecified atom stereocenters. The lowest BCUT2D eigenvalue weighted by atomic mass is 10.2. The Hall–Kier alpha value is -0.460. The van der Waals surface area contributed by atoms with E-state index >= 15 is 0 Å². The molecule has 1 aromatic carbocycles. The van der Waals surface area contributed by atoms with E-state index in [0.717, 1.165) is 10.2 Å². The minimum absolute atomic E-state index is 0.466. The number of nitrogens with one attached hydrogen (secondary N) is 1. The van der Waals surface area contributed by atoms with Crippen molar-refractivity contribution in [1.82, 2.24) is 0 Å². The van der Waals surface area contributed by atoms with E-state index in [4.69, 9.17) is 11.6 Å². The average molecular weight is 328 g/mol. The number of sulfonamides is 1. The minimum Gasteiger partial charge on any atom is -0.376 e. The van der Waals surface area contributed by atoms with E-state index in [9.17, 15) is 8.42 Å². The number of alkyl halides is 1. The van der Waals surface area contributed by atoms with Gasteiger partial charge < -0.3 is 4.90 Å². The first-order chi connectivity index (χ1) is 7.35. The standard InChI is InChI=1S/C9H12BrClN2O2S/c1-13(2)9-4-3-7(10)5-8(9)12-16(14,15)6-11/h3-5,12H,6H2,1-2H3. The van der Waals surface area contributed by atoms with Crippen molar-refractivity contribution in [1.29, 1.82) is 0 Å². The zero-order valence-corrected chi connectivity index (χ0v) is 12.0. The van der Waals surface area contributed by atoms with Crippen LogP contribution in [0.4, 0.5) is 11.4 Å². The average Bonchev–Trinajstić information content (AvgIpc) is 2.16. The number of nitrogens with zero attached hydrogens (tertiary/aromatic N) is 1. The van der Waals surface area contributed by atoms with Crippen LogP contribution in [0.5, 0.6) is 0 Å². The molecule has 0 saturated carbocycles. The largest absolute Gasteiger partial charge is 0.376 e. The molecule has 16 heavy (non-hydrogen) atoms. The lowest BCUT2D eigenvalue weighted by molar-refractivity contribution is 0.605. The summed E-state index contributed by atoms with van der Waals surface area (Å²) in [5.74, 6) is 0. The van der Waals surface area contributed by atoms with Gasteiger partial charge in [0, 0.05) is 18.6 Å². The highest BCUT2D eigenvalue weighted by molar-refractivity contribution is 9.10. The molecule has 0 atom stereocenters. The van der Waals surface area contributed by atoms with Gasteiger partial charge >= 0.3 is 0 Å². The fourth-order valence-corrected chi connectivity index (χ4v) is 2.25. The molecule has 90 valence electrons. The Balaban J connectivity index is 3.16. The van der Waals surface area contributed by atoms with E-state index in [1.807, 2.05) is 31.1 Å². The number of rotatable bonds is 4. The van der Waals surface area contributed by atoms with Crippen LogP contribution in [0.3, 0.4) is 0 Å². The predicted molar refractivity (Wildman–Crippen MR) is 71.7 cm³/mol. The van der Waals surface area contributed by atoms with Gasteiger partial charge in [-0.2, -0.15) is 0 Å². The van der Waals surface area contributed by atoms with Gasteiger partial charge in [-0.15, -0.1) is 11.6 Å². The summed E-state index contributed by atoms with van der Waals surface area (Å²) in [5, 5.41) is -0.466. The summed E-state index contributed by atoms with van der Waals surface area (Å²) >= 11 is 8.63. The summed E-state index contributed by atoms with van der Waals surface area (Å²) in [6.07, 6.45) is 0. The molecule has 0 saturated heterocycles. The Labute approximate surface area is 109 Å². The van der Waals surface area contributed by atoms with Crippen LogP contribution in [0.15, 0.2) is 22.7 Å². The van der Waals surface area contributed by atoms with E-state index < -0.39 is 15.2 Å². The van der Waals surface area contributed by atoms with Crippen LogP contribution >= 0.6 is 27.5 Å². The second-order valence-corrected chi connectivity index (χ2v) is 6.60. The third kappa shape index (κ3) is 3.54. The number of benzene rings is 1. The topological polar surface area (TPSA) is 49.4 Å². The van der Waals surface area contributed by atoms with Crippen LogP contribution in [-0.2, 0) is 10.0 Å². The summed E-state index contributed by atoms with van der Waals surface area (Å²) in [4.78, 5) is 1.82. The molecule has 0 bridgehead atoms. The van der Waals surface area contributed by atoms with Gasteiger partial charge in [0.05, 0.1) is 11.4 Å². The molecule has 0 aliphatic carbocycles. The Morgan fingerprint density at radius 3 is 2.56 bits per heavy atom. The first kappa shape index (κ1) is 13.6.